The average Bonchev–Trinajstić information content (AvgIpc) is 2.66. The molecule has 8 heteroatoms. The van der Waals surface area contributed by atoms with Crippen LogP contribution in [0, 0.1) is 0 Å². The van der Waals surface area contributed by atoms with Gasteiger partial charge >= 0.3 is 6.03 Å². The second kappa shape index (κ2) is 7.13. The molecule has 1 N–H and O–H groups in total. The molecule has 1 aliphatic heterocycles. The van der Waals surface area contributed by atoms with E-state index in [1.54, 1.807) is 30.2 Å². The molecule has 0 aromatic heterocycles. The lowest BCUT2D eigenvalue weighted by Crippen LogP contribution is -2.46. The van der Waals surface area contributed by atoms with Crippen molar-refractivity contribution in [3.05, 3.63) is 28.8 Å². The van der Waals surface area contributed by atoms with Gasteiger partial charge in [0, 0.05) is 36.5 Å². The van der Waals surface area contributed by atoms with E-state index in [0.717, 1.165) is 19.3 Å². The Labute approximate surface area is 153 Å². The molecule has 2 fully saturated rings. The highest BCUT2D eigenvalue weighted by Gasteiger charge is 2.49. The summed E-state index contributed by atoms with van der Waals surface area (Å²) in [5.41, 5.74) is 1.29. The van der Waals surface area contributed by atoms with Gasteiger partial charge in [0.1, 0.15) is 0 Å². The zero-order valence-corrected chi connectivity index (χ0v) is 15.8. The minimum absolute atomic E-state index is 0.0287. The molecule has 2 aliphatic rings. The van der Waals surface area contributed by atoms with Crippen molar-refractivity contribution in [3.63, 3.8) is 0 Å². The van der Waals surface area contributed by atoms with Crippen LogP contribution >= 0.6 is 11.6 Å². The van der Waals surface area contributed by atoms with Crippen molar-refractivity contribution in [1.29, 1.82) is 0 Å². The maximum Gasteiger partial charge on any atom is 0.321 e. The molecule has 0 bridgehead atoms. The molecule has 0 radical (unpaired) electrons. The standard InChI is InChI=1S/C17H23ClN2O4S/c1-24-12-13-14(18)4-2-5-15(13)19-16(21)20-9-8-17(6-3-7-17)25(22,23)11-10-20/h2,4-5H,3,6-12H2,1H3,(H,19,21). The first-order valence-corrected chi connectivity index (χ1v) is 10.5. The Morgan fingerprint density at radius 3 is 2.72 bits per heavy atom. The summed E-state index contributed by atoms with van der Waals surface area (Å²) in [6.45, 7) is 0.952. The van der Waals surface area contributed by atoms with Gasteiger partial charge in [-0.05, 0) is 31.4 Å². The van der Waals surface area contributed by atoms with Crippen molar-refractivity contribution >= 4 is 33.2 Å². The summed E-state index contributed by atoms with van der Waals surface area (Å²) in [7, 11) is -1.59. The summed E-state index contributed by atoms with van der Waals surface area (Å²) >= 11 is 6.18. The topological polar surface area (TPSA) is 75.7 Å². The second-order valence-electron chi connectivity index (χ2n) is 6.72. The third-order valence-electron chi connectivity index (χ3n) is 5.33. The van der Waals surface area contributed by atoms with E-state index in [0.29, 0.717) is 29.2 Å². The fourth-order valence-corrected chi connectivity index (χ4v) is 5.98. The third-order valence-corrected chi connectivity index (χ3v) is 8.33. The monoisotopic (exact) mass is 386 g/mol. The molecule has 1 heterocycles. The van der Waals surface area contributed by atoms with E-state index in [9.17, 15) is 13.2 Å². The molecule has 25 heavy (non-hydrogen) atoms. The van der Waals surface area contributed by atoms with Crippen molar-refractivity contribution < 1.29 is 17.9 Å². The van der Waals surface area contributed by atoms with Crippen molar-refractivity contribution in [3.8, 4) is 0 Å². The molecular formula is C17H23ClN2O4S. The van der Waals surface area contributed by atoms with E-state index in [1.807, 2.05) is 0 Å². The number of halogens is 1. The highest BCUT2D eigenvalue weighted by molar-refractivity contribution is 7.92. The molecule has 1 spiro atoms. The summed E-state index contributed by atoms with van der Waals surface area (Å²) in [6.07, 6.45) is 2.91. The number of carbonyl (C=O) groups excluding carboxylic acids is 1. The summed E-state index contributed by atoms with van der Waals surface area (Å²) in [5, 5.41) is 3.37. The molecule has 6 nitrogen and oxygen atoms in total. The lowest BCUT2D eigenvalue weighted by molar-refractivity contribution is 0.185. The van der Waals surface area contributed by atoms with Crippen LogP contribution < -0.4 is 5.32 Å². The van der Waals surface area contributed by atoms with Crippen molar-refractivity contribution in [1.82, 2.24) is 4.90 Å². The number of urea groups is 1. The van der Waals surface area contributed by atoms with Crippen molar-refractivity contribution in [2.24, 2.45) is 0 Å². The summed E-state index contributed by atoms with van der Waals surface area (Å²) < 4.78 is 29.6. The van der Waals surface area contributed by atoms with E-state index in [1.165, 1.54) is 0 Å². The Bertz CT molecular complexity index is 762. The molecule has 0 atom stereocenters. The lowest BCUT2D eigenvalue weighted by atomic mass is 9.81. The maximum atomic E-state index is 12.7. The number of hydrogen-bond acceptors (Lipinski definition) is 4. The lowest BCUT2D eigenvalue weighted by Gasteiger charge is -2.39. The molecule has 1 aliphatic carbocycles. The molecule has 1 saturated heterocycles. The van der Waals surface area contributed by atoms with Gasteiger partial charge in [0.2, 0.25) is 0 Å². The molecule has 2 amide bonds. The van der Waals surface area contributed by atoms with Gasteiger partial charge in [-0.1, -0.05) is 24.1 Å². The number of methoxy groups -OCH3 is 1. The van der Waals surface area contributed by atoms with Gasteiger partial charge in [-0.25, -0.2) is 13.2 Å². The number of ether oxygens (including phenoxy) is 1. The fourth-order valence-electron chi connectivity index (χ4n) is 3.55. The van der Waals surface area contributed by atoms with Crippen LogP contribution in [-0.2, 0) is 21.2 Å². The van der Waals surface area contributed by atoms with E-state index in [4.69, 9.17) is 16.3 Å². The molecule has 1 saturated carbocycles. The van der Waals surface area contributed by atoms with Crippen LogP contribution in [0.15, 0.2) is 18.2 Å². The van der Waals surface area contributed by atoms with Crippen molar-refractivity contribution in [2.75, 3.05) is 31.3 Å². The van der Waals surface area contributed by atoms with Crippen molar-refractivity contribution in [2.45, 2.75) is 37.0 Å². The molecule has 0 unspecified atom stereocenters. The quantitative estimate of drug-likeness (QED) is 0.866. The zero-order valence-electron chi connectivity index (χ0n) is 14.3. The van der Waals surface area contributed by atoms with Crippen LogP contribution in [0.1, 0.15) is 31.2 Å². The smallest absolute Gasteiger partial charge is 0.321 e. The molecule has 1 aromatic carbocycles. The zero-order chi connectivity index (χ0) is 18.1. The number of anilines is 1. The Morgan fingerprint density at radius 1 is 1.32 bits per heavy atom. The van der Waals surface area contributed by atoms with Gasteiger partial charge in [0.15, 0.2) is 9.84 Å². The minimum Gasteiger partial charge on any atom is -0.380 e. The van der Waals surface area contributed by atoms with Gasteiger partial charge in [0.25, 0.3) is 0 Å². The normalized spacial score (nSPS) is 21.4. The number of nitrogens with one attached hydrogen (secondary N) is 1. The maximum absolute atomic E-state index is 12.7. The Balaban J connectivity index is 1.73. The molecule has 1 aromatic rings. The SMILES string of the molecule is COCc1c(Cl)cccc1NC(=O)N1CCC2(CCC2)S(=O)(=O)CC1. The van der Waals surface area contributed by atoms with Gasteiger partial charge in [-0.2, -0.15) is 0 Å². The minimum atomic E-state index is -3.15. The number of sulfone groups is 1. The summed E-state index contributed by atoms with van der Waals surface area (Å²) in [4.78, 5) is 14.2. The molecule has 3 rings (SSSR count). The van der Waals surface area contributed by atoms with Crippen LogP contribution in [0.5, 0.6) is 0 Å². The number of benzene rings is 1. The number of carbonyl (C=O) groups is 1. The average molecular weight is 387 g/mol. The van der Waals surface area contributed by atoms with Crippen LogP contribution in [0.25, 0.3) is 0 Å². The van der Waals surface area contributed by atoms with Crippen LogP contribution in [-0.4, -0.2) is 50.0 Å². The predicted molar refractivity (Wildman–Crippen MR) is 97.7 cm³/mol. The van der Waals surface area contributed by atoms with Gasteiger partial charge < -0.3 is 15.0 Å². The van der Waals surface area contributed by atoms with Crippen LogP contribution in [0.2, 0.25) is 5.02 Å². The first kappa shape index (κ1) is 18.5. The van der Waals surface area contributed by atoms with Gasteiger partial charge in [-0.15, -0.1) is 0 Å². The van der Waals surface area contributed by atoms with E-state index in [2.05, 4.69) is 5.32 Å². The molecular weight excluding hydrogens is 364 g/mol. The first-order chi connectivity index (χ1) is 11.9. The van der Waals surface area contributed by atoms with E-state index >= 15 is 0 Å². The third kappa shape index (κ3) is 3.50. The van der Waals surface area contributed by atoms with E-state index in [-0.39, 0.29) is 24.9 Å². The number of nitrogens with zero attached hydrogens (tertiary/aromatic N) is 1. The fraction of sp³-hybridized carbons (Fsp3) is 0.588. The molecule has 138 valence electrons. The largest absolute Gasteiger partial charge is 0.380 e. The Kier molecular flexibility index (Phi) is 5.27. The van der Waals surface area contributed by atoms with Gasteiger partial charge in [-0.3, -0.25) is 0 Å². The van der Waals surface area contributed by atoms with E-state index < -0.39 is 14.6 Å². The van der Waals surface area contributed by atoms with Crippen LogP contribution in [0.4, 0.5) is 10.5 Å². The summed E-state index contributed by atoms with van der Waals surface area (Å²) in [5.74, 6) is 0.0287. The van der Waals surface area contributed by atoms with Gasteiger partial charge in [0.05, 0.1) is 17.1 Å². The highest BCUT2D eigenvalue weighted by atomic mass is 35.5. The van der Waals surface area contributed by atoms with Crippen LogP contribution in [0.3, 0.4) is 0 Å². The second-order valence-corrected chi connectivity index (χ2v) is 9.63. The Hall–Kier alpha value is -1.31. The predicted octanol–water partition coefficient (Wildman–Crippen LogP) is 3.06. The summed E-state index contributed by atoms with van der Waals surface area (Å²) in [6, 6.07) is 4.96. The Morgan fingerprint density at radius 2 is 2.08 bits per heavy atom. The number of hydrogen-bond donors (Lipinski definition) is 1. The first-order valence-electron chi connectivity index (χ1n) is 8.43. The highest BCUT2D eigenvalue weighted by Crippen LogP contribution is 2.44. The number of amides is 2. The number of rotatable bonds is 3.